The van der Waals surface area contributed by atoms with Gasteiger partial charge in [-0.05, 0) is 44.0 Å². The molecule has 1 aliphatic rings. The van der Waals surface area contributed by atoms with Crippen LogP contribution in [0.25, 0.3) is 0 Å². The monoisotopic (exact) mass is 337 g/mol. The molecule has 0 spiro atoms. The van der Waals surface area contributed by atoms with Crippen LogP contribution in [-0.4, -0.2) is 50.4 Å². The molecule has 0 aromatic heterocycles. The smallest absolute Gasteiger partial charge is 0.319 e. The van der Waals surface area contributed by atoms with Crippen LogP contribution in [0, 0.1) is 6.92 Å². The fraction of sp³-hybridized carbons (Fsp3) is 0.588. The van der Waals surface area contributed by atoms with Crippen molar-refractivity contribution in [2.75, 3.05) is 48.5 Å². The van der Waals surface area contributed by atoms with Crippen LogP contribution >= 0.6 is 11.8 Å². The number of thioether (sulfide) groups is 1. The van der Waals surface area contributed by atoms with E-state index in [9.17, 15) is 4.79 Å². The third-order valence-corrected chi connectivity index (χ3v) is 4.88. The molecule has 1 aromatic rings. The molecular weight excluding hydrogens is 310 g/mol. The number of aryl methyl sites for hydroxylation is 1. The van der Waals surface area contributed by atoms with Crippen LogP contribution in [0.5, 0.6) is 0 Å². The van der Waals surface area contributed by atoms with Crippen LogP contribution in [0.15, 0.2) is 18.2 Å². The molecular formula is C17H27N3O2S. The van der Waals surface area contributed by atoms with Crippen molar-refractivity contribution >= 4 is 29.2 Å². The lowest BCUT2D eigenvalue weighted by Gasteiger charge is -2.30. The van der Waals surface area contributed by atoms with Crippen molar-refractivity contribution in [2.24, 2.45) is 0 Å². The highest BCUT2D eigenvalue weighted by atomic mass is 32.2. The summed E-state index contributed by atoms with van der Waals surface area (Å²) in [6.07, 6.45) is 0.800. The Balaban J connectivity index is 1.90. The van der Waals surface area contributed by atoms with Crippen LogP contribution in [0.4, 0.5) is 16.2 Å². The molecule has 5 nitrogen and oxygen atoms in total. The predicted octanol–water partition coefficient (Wildman–Crippen LogP) is 3.09. The lowest BCUT2D eigenvalue weighted by atomic mass is 10.1. The van der Waals surface area contributed by atoms with E-state index < -0.39 is 0 Å². The van der Waals surface area contributed by atoms with Crippen LogP contribution < -0.4 is 15.5 Å². The average molecular weight is 337 g/mol. The van der Waals surface area contributed by atoms with Gasteiger partial charge < -0.3 is 20.3 Å². The van der Waals surface area contributed by atoms with Crippen molar-refractivity contribution in [3.8, 4) is 0 Å². The number of urea groups is 1. The number of methoxy groups -OCH3 is 1. The fourth-order valence-corrected chi connectivity index (χ4v) is 3.55. The van der Waals surface area contributed by atoms with E-state index in [1.807, 2.05) is 30.8 Å². The van der Waals surface area contributed by atoms with Gasteiger partial charge in [0.05, 0.1) is 0 Å². The van der Waals surface area contributed by atoms with Gasteiger partial charge in [-0.3, -0.25) is 0 Å². The summed E-state index contributed by atoms with van der Waals surface area (Å²) < 4.78 is 5.02. The number of anilines is 2. The highest BCUT2D eigenvalue weighted by Gasteiger charge is 2.14. The summed E-state index contributed by atoms with van der Waals surface area (Å²) in [6.45, 7) is 6.90. The zero-order valence-corrected chi connectivity index (χ0v) is 15.0. The van der Waals surface area contributed by atoms with Crippen molar-refractivity contribution in [3.05, 3.63) is 23.8 Å². The molecule has 2 N–H and O–H groups in total. The normalized spacial score (nSPS) is 16.0. The number of rotatable bonds is 6. The Morgan fingerprint density at radius 3 is 2.78 bits per heavy atom. The average Bonchev–Trinajstić information content (AvgIpc) is 2.53. The third-order valence-electron chi connectivity index (χ3n) is 3.94. The lowest BCUT2D eigenvalue weighted by molar-refractivity contribution is 0.185. The molecule has 2 amide bonds. The van der Waals surface area contributed by atoms with E-state index in [1.54, 1.807) is 7.11 Å². The standard InChI is InChI=1S/C17H27N3O2S/c1-13-12-15(19-17(21)18-14(2)6-9-22-3)4-5-16(13)20-7-10-23-11-8-20/h4-5,12,14H,6-11H2,1-3H3,(H2,18,19,21). The fourth-order valence-electron chi connectivity index (χ4n) is 2.65. The lowest BCUT2D eigenvalue weighted by Crippen LogP contribution is -2.36. The predicted molar refractivity (Wildman–Crippen MR) is 98.8 cm³/mol. The van der Waals surface area contributed by atoms with Gasteiger partial charge in [0, 0.05) is 55.7 Å². The molecule has 2 rings (SSSR count). The van der Waals surface area contributed by atoms with Gasteiger partial charge in [0.15, 0.2) is 0 Å². The number of amides is 2. The van der Waals surface area contributed by atoms with E-state index in [2.05, 4.69) is 28.5 Å². The molecule has 0 aliphatic carbocycles. The number of carbonyl (C=O) groups excluding carboxylic acids is 1. The van der Waals surface area contributed by atoms with Gasteiger partial charge in [0.1, 0.15) is 0 Å². The highest BCUT2D eigenvalue weighted by molar-refractivity contribution is 7.99. The van der Waals surface area contributed by atoms with Gasteiger partial charge in [0.2, 0.25) is 0 Å². The maximum absolute atomic E-state index is 12.0. The number of nitrogens with zero attached hydrogens (tertiary/aromatic N) is 1. The first-order valence-electron chi connectivity index (χ1n) is 8.10. The molecule has 23 heavy (non-hydrogen) atoms. The Hall–Kier alpha value is -1.40. The summed E-state index contributed by atoms with van der Waals surface area (Å²) in [5.41, 5.74) is 3.29. The number of carbonyl (C=O) groups is 1. The van der Waals surface area contributed by atoms with Crippen molar-refractivity contribution in [3.63, 3.8) is 0 Å². The Bertz CT molecular complexity index is 519. The Morgan fingerprint density at radius 2 is 2.13 bits per heavy atom. The minimum absolute atomic E-state index is 0.0844. The maximum Gasteiger partial charge on any atom is 0.319 e. The van der Waals surface area contributed by atoms with E-state index in [0.29, 0.717) is 6.61 Å². The first kappa shape index (κ1) is 17.9. The molecule has 1 aromatic carbocycles. The quantitative estimate of drug-likeness (QED) is 0.837. The minimum atomic E-state index is -0.171. The number of nitrogens with one attached hydrogen (secondary N) is 2. The van der Waals surface area contributed by atoms with E-state index in [4.69, 9.17) is 4.74 Å². The summed E-state index contributed by atoms with van der Waals surface area (Å²) in [5.74, 6) is 2.36. The number of hydrogen-bond donors (Lipinski definition) is 2. The zero-order chi connectivity index (χ0) is 16.7. The van der Waals surface area contributed by atoms with Gasteiger partial charge in [-0.2, -0.15) is 11.8 Å². The highest BCUT2D eigenvalue weighted by Crippen LogP contribution is 2.26. The molecule has 1 aliphatic heterocycles. The van der Waals surface area contributed by atoms with Crippen LogP contribution in [0.1, 0.15) is 18.9 Å². The molecule has 0 saturated carbocycles. The molecule has 0 radical (unpaired) electrons. The first-order chi connectivity index (χ1) is 11.1. The maximum atomic E-state index is 12.0. The molecule has 1 heterocycles. The van der Waals surface area contributed by atoms with E-state index in [-0.39, 0.29) is 12.1 Å². The molecule has 128 valence electrons. The topological polar surface area (TPSA) is 53.6 Å². The Kier molecular flexibility index (Phi) is 7.05. The second-order valence-corrected chi connectivity index (χ2v) is 7.11. The van der Waals surface area contributed by atoms with Gasteiger partial charge in [-0.1, -0.05) is 0 Å². The van der Waals surface area contributed by atoms with E-state index in [0.717, 1.165) is 25.2 Å². The summed E-state index contributed by atoms with van der Waals surface area (Å²) in [7, 11) is 1.66. The first-order valence-corrected chi connectivity index (χ1v) is 9.25. The van der Waals surface area contributed by atoms with Gasteiger partial charge in [-0.15, -0.1) is 0 Å². The van der Waals surface area contributed by atoms with Crippen LogP contribution in [0.2, 0.25) is 0 Å². The van der Waals surface area contributed by atoms with Crippen molar-refractivity contribution < 1.29 is 9.53 Å². The summed E-state index contributed by atoms with van der Waals surface area (Å²) in [4.78, 5) is 14.4. The Labute approximate surface area is 143 Å². The van der Waals surface area contributed by atoms with Crippen LogP contribution in [0.3, 0.4) is 0 Å². The largest absolute Gasteiger partial charge is 0.385 e. The molecule has 1 fully saturated rings. The molecule has 1 unspecified atom stereocenters. The van der Waals surface area contributed by atoms with E-state index in [1.165, 1.54) is 22.8 Å². The second kappa shape index (κ2) is 9.03. The minimum Gasteiger partial charge on any atom is -0.385 e. The van der Waals surface area contributed by atoms with Crippen molar-refractivity contribution in [1.29, 1.82) is 0 Å². The summed E-state index contributed by atoms with van der Waals surface area (Å²) in [6, 6.07) is 6.03. The van der Waals surface area contributed by atoms with Gasteiger partial charge >= 0.3 is 6.03 Å². The number of ether oxygens (including phenoxy) is 1. The molecule has 1 atom stereocenters. The Morgan fingerprint density at radius 1 is 1.39 bits per heavy atom. The molecule has 6 heteroatoms. The summed E-state index contributed by atoms with van der Waals surface area (Å²) >= 11 is 2.01. The third kappa shape index (κ3) is 5.62. The number of hydrogen-bond acceptors (Lipinski definition) is 4. The van der Waals surface area contributed by atoms with E-state index >= 15 is 0 Å². The van der Waals surface area contributed by atoms with Crippen LogP contribution in [-0.2, 0) is 4.74 Å². The molecule has 1 saturated heterocycles. The van der Waals surface area contributed by atoms with Gasteiger partial charge in [-0.25, -0.2) is 4.79 Å². The van der Waals surface area contributed by atoms with Crippen molar-refractivity contribution in [2.45, 2.75) is 26.3 Å². The summed E-state index contributed by atoms with van der Waals surface area (Å²) in [5, 5.41) is 5.82. The SMILES string of the molecule is COCCC(C)NC(=O)Nc1ccc(N2CCSCC2)c(C)c1. The second-order valence-electron chi connectivity index (χ2n) is 5.88. The van der Waals surface area contributed by atoms with Crippen molar-refractivity contribution in [1.82, 2.24) is 5.32 Å². The van der Waals surface area contributed by atoms with Gasteiger partial charge in [0.25, 0.3) is 0 Å². The number of benzene rings is 1. The molecule has 0 bridgehead atoms. The zero-order valence-electron chi connectivity index (χ0n) is 14.2.